The van der Waals surface area contributed by atoms with Gasteiger partial charge in [0.05, 0.1) is 4.92 Å². The fraction of sp³-hybridized carbons (Fsp3) is 0.222. The Hall–Kier alpha value is -2.87. The van der Waals surface area contributed by atoms with Crippen LogP contribution in [0.2, 0.25) is 0 Å². The van der Waals surface area contributed by atoms with Gasteiger partial charge in [-0.1, -0.05) is 30.0 Å². The number of nitro groups is 1. The van der Waals surface area contributed by atoms with Gasteiger partial charge >= 0.3 is 0 Å². The molecule has 0 aliphatic carbocycles. The third kappa shape index (κ3) is 4.60. The van der Waals surface area contributed by atoms with Crippen molar-refractivity contribution in [1.82, 2.24) is 10.2 Å². The van der Waals surface area contributed by atoms with Crippen molar-refractivity contribution in [2.45, 2.75) is 31.4 Å². The lowest BCUT2D eigenvalue weighted by atomic mass is 10.1. The Morgan fingerprint density at radius 2 is 2.00 bits per heavy atom. The van der Waals surface area contributed by atoms with Crippen LogP contribution in [-0.4, -0.2) is 15.1 Å². The summed E-state index contributed by atoms with van der Waals surface area (Å²) in [7, 11) is 0. The molecule has 1 aromatic heterocycles. The van der Waals surface area contributed by atoms with Gasteiger partial charge in [-0.2, -0.15) is 0 Å². The second-order valence-corrected chi connectivity index (χ2v) is 6.64. The molecular weight excluding hydrogens is 354 g/mol. The molecule has 0 unspecified atom stereocenters. The molecule has 3 aromatic rings. The largest absolute Gasteiger partial charge is 0.484 e. The van der Waals surface area contributed by atoms with Crippen molar-refractivity contribution in [2.75, 3.05) is 0 Å². The number of hydrogen-bond acceptors (Lipinski definition) is 7. The highest BCUT2D eigenvalue weighted by atomic mass is 32.2. The van der Waals surface area contributed by atoms with Crippen molar-refractivity contribution in [3.8, 4) is 5.75 Å². The zero-order chi connectivity index (χ0) is 18.5. The molecule has 0 saturated heterocycles. The first-order valence-electron chi connectivity index (χ1n) is 7.90. The van der Waals surface area contributed by atoms with E-state index in [4.69, 9.17) is 9.15 Å². The minimum atomic E-state index is -0.414. The van der Waals surface area contributed by atoms with Gasteiger partial charge in [-0.25, -0.2) is 0 Å². The normalized spacial score (nSPS) is 10.7. The van der Waals surface area contributed by atoms with Gasteiger partial charge in [-0.3, -0.25) is 10.1 Å². The Kier molecular flexibility index (Phi) is 5.52. The summed E-state index contributed by atoms with van der Waals surface area (Å²) < 4.78 is 11.2. The Bertz CT molecular complexity index is 926. The molecule has 0 atom stereocenters. The lowest BCUT2D eigenvalue weighted by Gasteiger charge is -2.05. The predicted octanol–water partition coefficient (Wildman–Crippen LogP) is 4.47. The van der Waals surface area contributed by atoms with E-state index in [1.54, 1.807) is 6.07 Å². The van der Waals surface area contributed by atoms with Crippen LogP contribution in [0.1, 0.15) is 22.6 Å². The average Bonchev–Trinajstić information content (AvgIpc) is 3.09. The first-order chi connectivity index (χ1) is 12.5. The Labute approximate surface area is 154 Å². The number of benzene rings is 2. The van der Waals surface area contributed by atoms with Crippen LogP contribution in [0.3, 0.4) is 0 Å². The van der Waals surface area contributed by atoms with Crippen molar-refractivity contribution in [2.24, 2.45) is 0 Å². The number of ether oxygens (including phenoxy) is 1. The van der Waals surface area contributed by atoms with E-state index in [-0.39, 0.29) is 12.3 Å². The van der Waals surface area contributed by atoms with Crippen LogP contribution in [0.4, 0.5) is 5.69 Å². The monoisotopic (exact) mass is 371 g/mol. The molecule has 7 nitrogen and oxygen atoms in total. The summed E-state index contributed by atoms with van der Waals surface area (Å²) in [5.74, 6) is 1.63. The zero-order valence-electron chi connectivity index (χ0n) is 14.3. The molecule has 0 radical (unpaired) electrons. The number of aryl methyl sites for hydroxylation is 2. The second-order valence-electron chi connectivity index (χ2n) is 5.71. The molecule has 0 amide bonds. The number of nitro benzene ring substituents is 1. The highest BCUT2D eigenvalue weighted by molar-refractivity contribution is 7.98. The molecule has 8 heteroatoms. The zero-order valence-corrected chi connectivity index (χ0v) is 15.2. The molecular formula is C18H17N3O4S. The number of thioether (sulfide) groups is 1. The van der Waals surface area contributed by atoms with Crippen molar-refractivity contribution in [3.63, 3.8) is 0 Å². The number of hydrogen-bond donors (Lipinski definition) is 0. The van der Waals surface area contributed by atoms with Crippen LogP contribution in [0.25, 0.3) is 0 Å². The first kappa shape index (κ1) is 17.9. The molecule has 3 rings (SSSR count). The molecule has 0 aliphatic rings. The van der Waals surface area contributed by atoms with Crippen molar-refractivity contribution in [1.29, 1.82) is 0 Å². The second kappa shape index (κ2) is 8.01. The molecule has 1 heterocycles. The average molecular weight is 371 g/mol. The number of non-ortho nitro benzene ring substituents is 1. The maximum Gasteiger partial charge on any atom is 0.277 e. The van der Waals surface area contributed by atoms with Crippen LogP contribution < -0.4 is 4.74 Å². The summed E-state index contributed by atoms with van der Waals surface area (Å²) in [6, 6.07) is 12.3. The highest BCUT2D eigenvalue weighted by Crippen LogP contribution is 2.24. The molecule has 134 valence electrons. The summed E-state index contributed by atoms with van der Waals surface area (Å²) in [5.41, 5.74) is 3.24. The predicted molar refractivity (Wildman–Crippen MR) is 97.2 cm³/mol. The van der Waals surface area contributed by atoms with E-state index in [0.29, 0.717) is 16.9 Å². The first-order valence-corrected chi connectivity index (χ1v) is 8.88. The third-order valence-electron chi connectivity index (χ3n) is 3.77. The van der Waals surface area contributed by atoms with Crippen molar-refractivity contribution >= 4 is 17.4 Å². The molecule has 0 spiro atoms. The van der Waals surface area contributed by atoms with Crippen LogP contribution in [0.5, 0.6) is 5.75 Å². The fourth-order valence-corrected chi connectivity index (χ4v) is 2.93. The minimum absolute atomic E-state index is 0.0658. The number of nitrogens with zero attached hydrogens (tertiary/aromatic N) is 3. The van der Waals surface area contributed by atoms with Crippen LogP contribution in [0.15, 0.2) is 52.1 Å². The van der Waals surface area contributed by atoms with Crippen LogP contribution >= 0.6 is 11.8 Å². The highest BCUT2D eigenvalue weighted by Gasteiger charge is 2.10. The van der Waals surface area contributed by atoms with Gasteiger partial charge in [0.25, 0.3) is 16.8 Å². The van der Waals surface area contributed by atoms with E-state index >= 15 is 0 Å². The van der Waals surface area contributed by atoms with Crippen molar-refractivity contribution in [3.05, 3.63) is 75.2 Å². The van der Waals surface area contributed by atoms with Gasteiger partial charge in [0, 0.05) is 17.9 Å². The maximum atomic E-state index is 10.8. The summed E-state index contributed by atoms with van der Waals surface area (Å²) in [4.78, 5) is 10.4. The Morgan fingerprint density at radius 1 is 1.15 bits per heavy atom. The van der Waals surface area contributed by atoms with Gasteiger partial charge in [-0.15, -0.1) is 10.2 Å². The van der Waals surface area contributed by atoms with Gasteiger partial charge < -0.3 is 9.15 Å². The molecule has 0 saturated carbocycles. The molecule has 0 bridgehead atoms. The molecule has 26 heavy (non-hydrogen) atoms. The maximum absolute atomic E-state index is 10.8. The lowest BCUT2D eigenvalue weighted by Crippen LogP contribution is -1.96. The van der Waals surface area contributed by atoms with E-state index in [9.17, 15) is 10.1 Å². The van der Waals surface area contributed by atoms with Crippen LogP contribution in [0, 0.1) is 24.0 Å². The quantitative estimate of drug-likeness (QED) is 0.344. The lowest BCUT2D eigenvalue weighted by molar-refractivity contribution is -0.384. The fourth-order valence-electron chi connectivity index (χ4n) is 2.21. The van der Waals surface area contributed by atoms with E-state index < -0.39 is 4.92 Å². The van der Waals surface area contributed by atoms with Crippen LogP contribution in [-0.2, 0) is 12.4 Å². The van der Waals surface area contributed by atoms with Gasteiger partial charge in [-0.05, 0) is 42.7 Å². The van der Waals surface area contributed by atoms with Gasteiger partial charge in [0.15, 0.2) is 6.61 Å². The summed E-state index contributed by atoms with van der Waals surface area (Å²) >= 11 is 1.32. The minimum Gasteiger partial charge on any atom is -0.484 e. The van der Waals surface area contributed by atoms with Gasteiger partial charge in [0.1, 0.15) is 5.75 Å². The molecule has 0 fully saturated rings. The Balaban J connectivity index is 1.55. The van der Waals surface area contributed by atoms with Crippen molar-refractivity contribution < 1.29 is 14.1 Å². The topological polar surface area (TPSA) is 91.3 Å². The smallest absolute Gasteiger partial charge is 0.277 e. The number of rotatable bonds is 7. The molecule has 2 aromatic carbocycles. The summed E-state index contributed by atoms with van der Waals surface area (Å²) in [6.45, 7) is 4.26. The molecule has 0 aliphatic heterocycles. The summed E-state index contributed by atoms with van der Waals surface area (Å²) in [5, 5.41) is 19.1. The SMILES string of the molecule is Cc1ccc(OCc2nnc(SCc3cccc([N+](=O)[O-])c3)o2)cc1C. The number of aromatic nitrogens is 2. The van der Waals surface area contributed by atoms with E-state index in [2.05, 4.69) is 10.2 Å². The van der Waals surface area contributed by atoms with E-state index in [0.717, 1.165) is 16.9 Å². The van der Waals surface area contributed by atoms with E-state index in [1.165, 1.54) is 29.5 Å². The Morgan fingerprint density at radius 3 is 2.77 bits per heavy atom. The third-order valence-corrected chi connectivity index (χ3v) is 4.66. The van der Waals surface area contributed by atoms with Gasteiger partial charge in [0.2, 0.25) is 0 Å². The van der Waals surface area contributed by atoms with E-state index in [1.807, 2.05) is 38.1 Å². The standard InChI is InChI=1S/C18H17N3O4S/c1-12-6-7-16(8-13(12)2)24-10-17-19-20-18(25-17)26-11-14-4-3-5-15(9-14)21(22)23/h3-9H,10-11H2,1-2H3. The summed E-state index contributed by atoms with van der Waals surface area (Å²) in [6.07, 6.45) is 0. The molecule has 0 N–H and O–H groups in total.